The molecular weight excluding hydrogens is 420 g/mol. The van der Waals surface area contributed by atoms with E-state index in [9.17, 15) is 9.59 Å². The fourth-order valence-corrected chi connectivity index (χ4v) is 4.51. The van der Waals surface area contributed by atoms with Gasteiger partial charge in [-0.05, 0) is 25.2 Å². The van der Waals surface area contributed by atoms with E-state index in [0.29, 0.717) is 25.3 Å². The zero-order chi connectivity index (χ0) is 25.3. The smallest absolute Gasteiger partial charge is 0.242 e. The van der Waals surface area contributed by atoms with E-state index < -0.39 is 6.04 Å². The first kappa shape index (κ1) is 32.9. The van der Waals surface area contributed by atoms with Crippen LogP contribution in [0.25, 0.3) is 0 Å². The van der Waals surface area contributed by atoms with Crippen LogP contribution in [-0.2, 0) is 9.59 Å². The van der Waals surface area contributed by atoms with Gasteiger partial charge in [0.15, 0.2) is 0 Å². The maximum Gasteiger partial charge on any atom is 0.242 e. The van der Waals surface area contributed by atoms with E-state index in [1.807, 2.05) is 0 Å². The molecule has 0 radical (unpaired) electrons. The highest BCUT2D eigenvalue weighted by Crippen LogP contribution is 2.13. The third kappa shape index (κ3) is 22.7. The van der Waals surface area contributed by atoms with E-state index in [1.165, 1.54) is 103 Å². The Hall–Kier alpha value is -1.06. The molecule has 0 aromatic rings. The molecule has 0 saturated heterocycles. The lowest BCUT2D eigenvalue weighted by Gasteiger charge is -2.20. The molecule has 0 aliphatic rings. The van der Waals surface area contributed by atoms with E-state index in [2.05, 4.69) is 38.3 Å². The lowest BCUT2D eigenvalue weighted by atomic mass is 10.0. The standard InChI is InChI=1S/C30H60N2O2/c1-5-7-9-11-13-14-15-16-17-18-19-20-22-24-29(33)32-28(26-27(3)4)30(34)31-25-23-21-12-10-8-6-2/h27-28H,5-26H2,1-4H3,(H,31,34)(H,32,33). The Kier molecular flexibility index (Phi) is 24.3. The minimum atomic E-state index is -0.394. The highest BCUT2D eigenvalue weighted by atomic mass is 16.2. The first-order valence-corrected chi connectivity index (χ1v) is 15.1. The van der Waals surface area contributed by atoms with Crippen molar-refractivity contribution < 1.29 is 9.59 Å². The molecule has 34 heavy (non-hydrogen) atoms. The Morgan fingerprint density at radius 1 is 0.588 bits per heavy atom. The molecule has 0 aliphatic heterocycles. The van der Waals surface area contributed by atoms with Crippen LogP contribution in [0, 0.1) is 5.92 Å². The number of nitrogens with one attached hydrogen (secondary N) is 2. The molecule has 2 amide bonds. The van der Waals surface area contributed by atoms with E-state index in [-0.39, 0.29) is 11.8 Å². The Balaban J connectivity index is 3.82. The molecule has 0 fully saturated rings. The predicted octanol–water partition coefficient (Wildman–Crippen LogP) is 8.48. The third-order valence-corrected chi connectivity index (χ3v) is 6.70. The zero-order valence-electron chi connectivity index (χ0n) is 23.5. The van der Waals surface area contributed by atoms with Crippen LogP contribution in [-0.4, -0.2) is 24.4 Å². The summed E-state index contributed by atoms with van der Waals surface area (Å²) in [5, 5.41) is 6.06. The summed E-state index contributed by atoms with van der Waals surface area (Å²) in [5.74, 6) is 0.394. The number of unbranched alkanes of at least 4 members (excludes halogenated alkanes) is 17. The van der Waals surface area contributed by atoms with E-state index >= 15 is 0 Å². The van der Waals surface area contributed by atoms with Crippen LogP contribution >= 0.6 is 0 Å². The second-order valence-corrected chi connectivity index (χ2v) is 10.8. The molecular formula is C30H60N2O2. The average molecular weight is 481 g/mol. The predicted molar refractivity (Wildman–Crippen MR) is 148 cm³/mol. The number of carbonyl (C=O) groups is 2. The third-order valence-electron chi connectivity index (χ3n) is 6.70. The minimum absolute atomic E-state index is 0.0130. The summed E-state index contributed by atoms with van der Waals surface area (Å²) in [4.78, 5) is 25.0. The van der Waals surface area contributed by atoms with Gasteiger partial charge in [-0.25, -0.2) is 0 Å². The van der Waals surface area contributed by atoms with Crippen LogP contribution in [0.15, 0.2) is 0 Å². The van der Waals surface area contributed by atoms with Gasteiger partial charge in [-0.1, -0.05) is 137 Å². The summed E-state index contributed by atoms with van der Waals surface area (Å²) in [5.41, 5.74) is 0. The van der Waals surface area contributed by atoms with Crippen molar-refractivity contribution in [2.45, 2.75) is 169 Å². The first-order chi connectivity index (χ1) is 16.5. The maximum absolute atomic E-state index is 12.6. The van der Waals surface area contributed by atoms with Gasteiger partial charge in [0.25, 0.3) is 0 Å². The fraction of sp³-hybridized carbons (Fsp3) is 0.933. The molecule has 202 valence electrons. The van der Waals surface area contributed by atoms with Crippen LogP contribution in [0.3, 0.4) is 0 Å². The molecule has 4 heteroatoms. The van der Waals surface area contributed by atoms with Gasteiger partial charge < -0.3 is 10.6 Å². The van der Waals surface area contributed by atoms with E-state index in [0.717, 1.165) is 19.3 Å². The Morgan fingerprint density at radius 2 is 1.00 bits per heavy atom. The van der Waals surface area contributed by atoms with Crippen LogP contribution in [0.1, 0.15) is 163 Å². The van der Waals surface area contributed by atoms with Crippen molar-refractivity contribution in [1.29, 1.82) is 0 Å². The summed E-state index contributed by atoms with van der Waals surface area (Å²) >= 11 is 0. The van der Waals surface area contributed by atoms with Crippen molar-refractivity contribution in [3.8, 4) is 0 Å². The van der Waals surface area contributed by atoms with Crippen molar-refractivity contribution in [2.24, 2.45) is 5.92 Å². The molecule has 1 unspecified atom stereocenters. The van der Waals surface area contributed by atoms with Gasteiger partial charge in [0, 0.05) is 13.0 Å². The molecule has 4 nitrogen and oxygen atoms in total. The van der Waals surface area contributed by atoms with Gasteiger partial charge in [0.1, 0.15) is 6.04 Å². The molecule has 2 N–H and O–H groups in total. The Bertz CT molecular complexity index is 465. The van der Waals surface area contributed by atoms with Gasteiger partial charge in [0.05, 0.1) is 0 Å². The molecule has 0 aromatic carbocycles. The summed E-state index contributed by atoms with van der Waals surface area (Å²) in [6.45, 7) is 9.42. The molecule has 1 atom stereocenters. The maximum atomic E-state index is 12.6. The second kappa shape index (κ2) is 25.0. The lowest BCUT2D eigenvalue weighted by Crippen LogP contribution is -2.47. The van der Waals surface area contributed by atoms with Crippen molar-refractivity contribution >= 4 is 11.8 Å². The van der Waals surface area contributed by atoms with Crippen LogP contribution in [0.4, 0.5) is 0 Å². The van der Waals surface area contributed by atoms with E-state index in [1.54, 1.807) is 0 Å². The van der Waals surface area contributed by atoms with Gasteiger partial charge >= 0.3 is 0 Å². The number of rotatable bonds is 25. The largest absolute Gasteiger partial charge is 0.354 e. The molecule has 0 bridgehead atoms. The second-order valence-electron chi connectivity index (χ2n) is 10.8. The molecule has 0 heterocycles. The summed E-state index contributed by atoms with van der Waals surface area (Å²) in [6, 6.07) is -0.394. The zero-order valence-corrected chi connectivity index (χ0v) is 23.5. The van der Waals surface area contributed by atoms with Gasteiger partial charge in [-0.3, -0.25) is 9.59 Å². The SMILES string of the molecule is CCCCCCCCCCCCCCCC(=O)NC(CC(C)C)C(=O)NCCCCCCCC. The fourth-order valence-electron chi connectivity index (χ4n) is 4.51. The highest BCUT2D eigenvalue weighted by molar-refractivity contribution is 5.87. The van der Waals surface area contributed by atoms with Crippen molar-refractivity contribution in [1.82, 2.24) is 10.6 Å². The van der Waals surface area contributed by atoms with Gasteiger partial charge in [-0.2, -0.15) is 0 Å². The molecule has 0 aromatic heterocycles. The lowest BCUT2D eigenvalue weighted by molar-refractivity contribution is -0.129. The minimum Gasteiger partial charge on any atom is -0.354 e. The summed E-state index contributed by atoms with van der Waals surface area (Å²) in [6.07, 6.45) is 25.5. The van der Waals surface area contributed by atoms with Crippen molar-refractivity contribution in [2.75, 3.05) is 6.54 Å². The Morgan fingerprint density at radius 3 is 1.44 bits per heavy atom. The topological polar surface area (TPSA) is 58.2 Å². The van der Waals surface area contributed by atoms with Crippen LogP contribution < -0.4 is 10.6 Å². The quantitative estimate of drug-likeness (QED) is 0.129. The number of hydrogen-bond acceptors (Lipinski definition) is 2. The van der Waals surface area contributed by atoms with Crippen LogP contribution in [0.5, 0.6) is 0 Å². The monoisotopic (exact) mass is 480 g/mol. The van der Waals surface area contributed by atoms with Gasteiger partial charge in [-0.15, -0.1) is 0 Å². The number of hydrogen-bond donors (Lipinski definition) is 2. The Labute approximate surface area is 213 Å². The summed E-state index contributed by atoms with van der Waals surface area (Å²) < 4.78 is 0. The first-order valence-electron chi connectivity index (χ1n) is 15.1. The van der Waals surface area contributed by atoms with E-state index in [4.69, 9.17) is 0 Å². The molecule has 0 aliphatic carbocycles. The normalized spacial score (nSPS) is 12.1. The van der Waals surface area contributed by atoms with Gasteiger partial charge in [0.2, 0.25) is 11.8 Å². The highest BCUT2D eigenvalue weighted by Gasteiger charge is 2.21. The number of carbonyl (C=O) groups excluding carboxylic acids is 2. The molecule has 0 saturated carbocycles. The van der Waals surface area contributed by atoms with Crippen molar-refractivity contribution in [3.05, 3.63) is 0 Å². The van der Waals surface area contributed by atoms with Crippen molar-refractivity contribution in [3.63, 3.8) is 0 Å². The molecule has 0 rings (SSSR count). The molecule has 0 spiro atoms. The number of amides is 2. The summed E-state index contributed by atoms with van der Waals surface area (Å²) in [7, 11) is 0. The average Bonchev–Trinajstić information content (AvgIpc) is 2.80. The van der Waals surface area contributed by atoms with Crippen LogP contribution in [0.2, 0.25) is 0 Å².